The molecule has 0 bridgehead atoms. The normalized spacial score (nSPS) is 23.1. The van der Waals surface area contributed by atoms with Crippen LogP contribution in [0.3, 0.4) is 0 Å². The molecular weight excluding hydrogens is 316 g/mol. The summed E-state index contributed by atoms with van der Waals surface area (Å²) in [5, 5.41) is 6.75. The second-order valence-corrected chi connectivity index (χ2v) is 7.48. The number of rotatable bonds is 3. The number of aliphatic imine (C=N–C) groups is 1. The lowest BCUT2D eigenvalue weighted by molar-refractivity contribution is 0.442. The van der Waals surface area contributed by atoms with E-state index in [2.05, 4.69) is 51.5 Å². The van der Waals surface area contributed by atoms with E-state index in [1.807, 2.05) is 11.8 Å². The van der Waals surface area contributed by atoms with Gasteiger partial charge in [-0.15, -0.1) is 11.3 Å². The molecule has 1 saturated heterocycles. The predicted molar refractivity (Wildman–Crippen MR) is 82.0 cm³/mol. The maximum atomic E-state index is 4.66. The molecule has 17 heavy (non-hydrogen) atoms. The molecule has 0 radical (unpaired) electrons. The monoisotopic (exact) mass is 332 g/mol. The van der Waals surface area contributed by atoms with E-state index in [1.165, 1.54) is 17.1 Å². The first-order chi connectivity index (χ1) is 8.15. The lowest BCUT2D eigenvalue weighted by Gasteiger charge is -2.28. The SMILES string of the molecule is CC(C)C1CCSC(=NCc2cc(Br)cs2)N1. The van der Waals surface area contributed by atoms with Gasteiger partial charge in [0, 0.05) is 26.5 Å². The number of hydrogen-bond donors (Lipinski definition) is 1. The quantitative estimate of drug-likeness (QED) is 0.900. The van der Waals surface area contributed by atoms with Crippen molar-refractivity contribution in [3.63, 3.8) is 0 Å². The Balaban J connectivity index is 1.93. The van der Waals surface area contributed by atoms with Crippen LogP contribution in [-0.2, 0) is 6.54 Å². The van der Waals surface area contributed by atoms with Gasteiger partial charge in [-0.1, -0.05) is 25.6 Å². The van der Waals surface area contributed by atoms with Gasteiger partial charge in [-0.25, -0.2) is 0 Å². The Kier molecular flexibility index (Phi) is 4.94. The molecule has 1 atom stereocenters. The van der Waals surface area contributed by atoms with E-state index in [0.717, 1.165) is 16.2 Å². The van der Waals surface area contributed by atoms with E-state index >= 15 is 0 Å². The third-order valence-electron chi connectivity index (χ3n) is 2.78. The number of amidine groups is 1. The molecule has 2 heterocycles. The van der Waals surface area contributed by atoms with Crippen LogP contribution in [-0.4, -0.2) is 17.0 Å². The van der Waals surface area contributed by atoms with Gasteiger partial charge in [0.2, 0.25) is 0 Å². The van der Waals surface area contributed by atoms with Gasteiger partial charge in [0.15, 0.2) is 5.17 Å². The number of thioether (sulfide) groups is 1. The molecular formula is C12H17BrN2S2. The van der Waals surface area contributed by atoms with Gasteiger partial charge in [0.05, 0.1) is 6.54 Å². The number of hydrogen-bond acceptors (Lipinski definition) is 3. The lowest BCUT2D eigenvalue weighted by Crippen LogP contribution is -2.41. The third kappa shape index (κ3) is 4.00. The molecule has 1 aliphatic heterocycles. The highest BCUT2D eigenvalue weighted by molar-refractivity contribution is 9.10. The summed E-state index contributed by atoms with van der Waals surface area (Å²) in [6.07, 6.45) is 1.24. The second kappa shape index (κ2) is 6.25. The zero-order valence-corrected chi connectivity index (χ0v) is 13.3. The predicted octanol–water partition coefficient (Wildman–Crippen LogP) is 4.12. The number of nitrogens with one attached hydrogen (secondary N) is 1. The summed E-state index contributed by atoms with van der Waals surface area (Å²) in [6, 6.07) is 2.73. The highest BCUT2D eigenvalue weighted by Gasteiger charge is 2.19. The van der Waals surface area contributed by atoms with Crippen molar-refractivity contribution in [3.05, 3.63) is 20.8 Å². The van der Waals surface area contributed by atoms with Crippen molar-refractivity contribution < 1.29 is 0 Å². The Labute approximate surface area is 119 Å². The van der Waals surface area contributed by atoms with Crippen LogP contribution in [0.1, 0.15) is 25.1 Å². The summed E-state index contributed by atoms with van der Waals surface area (Å²) in [6.45, 7) is 5.32. The molecule has 1 aliphatic rings. The first-order valence-corrected chi connectivity index (χ1v) is 8.47. The van der Waals surface area contributed by atoms with E-state index in [9.17, 15) is 0 Å². The van der Waals surface area contributed by atoms with E-state index < -0.39 is 0 Å². The number of nitrogens with zero attached hydrogens (tertiary/aromatic N) is 1. The molecule has 2 rings (SSSR count). The maximum Gasteiger partial charge on any atom is 0.157 e. The van der Waals surface area contributed by atoms with E-state index in [4.69, 9.17) is 0 Å². The van der Waals surface area contributed by atoms with Crippen LogP contribution < -0.4 is 5.32 Å². The molecule has 0 aliphatic carbocycles. The summed E-state index contributed by atoms with van der Waals surface area (Å²) in [7, 11) is 0. The summed E-state index contributed by atoms with van der Waals surface area (Å²) in [5.41, 5.74) is 0. The maximum absolute atomic E-state index is 4.66. The fourth-order valence-electron chi connectivity index (χ4n) is 1.73. The summed E-state index contributed by atoms with van der Waals surface area (Å²) < 4.78 is 1.15. The Morgan fingerprint density at radius 1 is 1.59 bits per heavy atom. The van der Waals surface area contributed by atoms with Crippen molar-refractivity contribution in [2.75, 3.05) is 5.75 Å². The Hall–Kier alpha value is -0.0000000000000000833. The lowest BCUT2D eigenvalue weighted by atomic mass is 10.0. The van der Waals surface area contributed by atoms with E-state index in [-0.39, 0.29) is 0 Å². The highest BCUT2D eigenvalue weighted by atomic mass is 79.9. The van der Waals surface area contributed by atoms with Crippen molar-refractivity contribution in [1.82, 2.24) is 5.32 Å². The first kappa shape index (κ1) is 13.4. The van der Waals surface area contributed by atoms with Gasteiger partial charge in [-0.05, 0) is 34.3 Å². The van der Waals surface area contributed by atoms with Crippen LogP contribution in [0.4, 0.5) is 0 Å². The van der Waals surface area contributed by atoms with Gasteiger partial charge in [-0.3, -0.25) is 4.99 Å². The fourth-order valence-corrected chi connectivity index (χ4v) is 4.06. The molecule has 1 aromatic heterocycles. The fraction of sp³-hybridized carbons (Fsp3) is 0.583. The zero-order chi connectivity index (χ0) is 12.3. The molecule has 5 heteroatoms. The summed E-state index contributed by atoms with van der Waals surface area (Å²) in [4.78, 5) is 5.96. The number of halogens is 1. The van der Waals surface area contributed by atoms with Crippen molar-refractivity contribution >= 4 is 44.2 Å². The average molecular weight is 333 g/mol. The van der Waals surface area contributed by atoms with Crippen LogP contribution in [0, 0.1) is 5.92 Å². The topological polar surface area (TPSA) is 24.4 Å². The molecule has 0 aromatic carbocycles. The standard InChI is InChI=1S/C12H17BrN2S2/c1-8(2)11-3-4-16-12(15-11)14-6-10-5-9(13)7-17-10/h5,7-8,11H,3-4,6H2,1-2H3,(H,14,15). The zero-order valence-electron chi connectivity index (χ0n) is 10.1. The molecule has 94 valence electrons. The van der Waals surface area contributed by atoms with Crippen LogP contribution >= 0.6 is 39.0 Å². The Morgan fingerprint density at radius 2 is 2.41 bits per heavy atom. The molecule has 0 amide bonds. The minimum absolute atomic E-state index is 0.588. The van der Waals surface area contributed by atoms with Gasteiger partial charge < -0.3 is 5.32 Å². The van der Waals surface area contributed by atoms with Crippen LogP contribution in [0.2, 0.25) is 0 Å². The molecule has 1 aromatic rings. The molecule has 0 saturated carbocycles. The van der Waals surface area contributed by atoms with Crippen LogP contribution in [0.25, 0.3) is 0 Å². The second-order valence-electron chi connectivity index (χ2n) is 4.48. The Bertz CT molecular complexity index is 401. The van der Waals surface area contributed by atoms with Crippen molar-refractivity contribution in [2.45, 2.75) is 32.9 Å². The van der Waals surface area contributed by atoms with Crippen molar-refractivity contribution in [3.8, 4) is 0 Å². The van der Waals surface area contributed by atoms with Crippen LogP contribution in [0.15, 0.2) is 20.9 Å². The summed E-state index contributed by atoms with van der Waals surface area (Å²) in [5.74, 6) is 1.86. The molecule has 1 N–H and O–H groups in total. The van der Waals surface area contributed by atoms with Gasteiger partial charge >= 0.3 is 0 Å². The van der Waals surface area contributed by atoms with Gasteiger partial charge in [0.25, 0.3) is 0 Å². The molecule has 1 unspecified atom stereocenters. The van der Waals surface area contributed by atoms with Crippen LogP contribution in [0.5, 0.6) is 0 Å². The molecule has 1 fully saturated rings. The first-order valence-electron chi connectivity index (χ1n) is 5.82. The molecule has 0 spiro atoms. The Morgan fingerprint density at radius 3 is 3.06 bits per heavy atom. The van der Waals surface area contributed by atoms with E-state index in [1.54, 1.807) is 11.3 Å². The largest absolute Gasteiger partial charge is 0.362 e. The van der Waals surface area contributed by atoms with Gasteiger partial charge in [-0.2, -0.15) is 0 Å². The third-order valence-corrected chi connectivity index (χ3v) is 5.42. The number of thiophene rings is 1. The minimum Gasteiger partial charge on any atom is -0.362 e. The average Bonchev–Trinajstić information content (AvgIpc) is 2.73. The van der Waals surface area contributed by atoms with E-state index in [0.29, 0.717) is 12.0 Å². The highest BCUT2D eigenvalue weighted by Crippen LogP contribution is 2.22. The minimum atomic E-state index is 0.588. The van der Waals surface area contributed by atoms with Crippen molar-refractivity contribution in [2.24, 2.45) is 10.9 Å². The smallest absolute Gasteiger partial charge is 0.157 e. The summed E-state index contributed by atoms with van der Waals surface area (Å²) >= 11 is 7.06. The van der Waals surface area contributed by atoms with Gasteiger partial charge in [0.1, 0.15) is 0 Å². The molecule has 2 nitrogen and oxygen atoms in total. The van der Waals surface area contributed by atoms with Crippen molar-refractivity contribution in [1.29, 1.82) is 0 Å².